The van der Waals surface area contributed by atoms with Gasteiger partial charge in [0.25, 0.3) is 5.91 Å². The molecule has 0 radical (unpaired) electrons. The highest BCUT2D eigenvalue weighted by Crippen LogP contribution is 2.14. The zero-order valence-corrected chi connectivity index (χ0v) is 11.2. The highest BCUT2D eigenvalue weighted by molar-refractivity contribution is 6.31. The number of carbonyl (C=O) groups excluding carboxylic acids is 1. The molecule has 4 heteroatoms. The summed E-state index contributed by atoms with van der Waals surface area (Å²) in [6.07, 6.45) is 0. The van der Waals surface area contributed by atoms with Crippen molar-refractivity contribution >= 4 is 17.5 Å². The van der Waals surface area contributed by atoms with Gasteiger partial charge < -0.3 is 11.1 Å². The zero-order chi connectivity index (χ0) is 13.7. The maximum atomic E-state index is 11.9. The van der Waals surface area contributed by atoms with Gasteiger partial charge in [0.1, 0.15) is 0 Å². The second kappa shape index (κ2) is 6.36. The molecule has 0 aliphatic rings. The van der Waals surface area contributed by atoms with Crippen molar-refractivity contribution in [3.63, 3.8) is 0 Å². The average molecular weight is 275 g/mol. The summed E-state index contributed by atoms with van der Waals surface area (Å²) in [5.74, 6) is -0.122. The van der Waals surface area contributed by atoms with Gasteiger partial charge in [-0.15, -0.1) is 0 Å². The molecular weight excluding hydrogens is 260 g/mol. The lowest BCUT2D eigenvalue weighted by Crippen LogP contribution is -2.22. The zero-order valence-electron chi connectivity index (χ0n) is 10.4. The average Bonchev–Trinajstić information content (AvgIpc) is 2.46. The second-order valence-electron chi connectivity index (χ2n) is 4.18. The third-order valence-electron chi connectivity index (χ3n) is 2.85. The molecule has 0 atom stereocenters. The number of benzene rings is 2. The Hall–Kier alpha value is -1.84. The Labute approximate surface area is 117 Å². The molecule has 0 aliphatic heterocycles. The van der Waals surface area contributed by atoms with Crippen LogP contribution in [0.5, 0.6) is 0 Å². The molecule has 1 amide bonds. The van der Waals surface area contributed by atoms with Crippen LogP contribution in [0.4, 0.5) is 0 Å². The molecule has 0 heterocycles. The summed E-state index contributed by atoms with van der Waals surface area (Å²) in [5.41, 5.74) is 8.03. The van der Waals surface area contributed by atoms with Gasteiger partial charge in [-0.05, 0) is 29.3 Å². The van der Waals surface area contributed by atoms with Crippen LogP contribution < -0.4 is 11.1 Å². The van der Waals surface area contributed by atoms with Gasteiger partial charge in [0.2, 0.25) is 0 Å². The molecule has 0 saturated heterocycles. The molecule has 0 saturated carbocycles. The summed E-state index contributed by atoms with van der Waals surface area (Å²) < 4.78 is 0. The molecular formula is C15H15ClN2O. The number of nitrogens with one attached hydrogen (secondary N) is 1. The molecule has 19 heavy (non-hydrogen) atoms. The number of hydrogen-bond acceptors (Lipinski definition) is 2. The summed E-state index contributed by atoms with van der Waals surface area (Å²) in [7, 11) is 0. The quantitative estimate of drug-likeness (QED) is 0.901. The van der Waals surface area contributed by atoms with Crippen LogP contribution in [0.2, 0.25) is 5.02 Å². The van der Waals surface area contributed by atoms with Crippen LogP contribution in [0.25, 0.3) is 0 Å². The molecule has 0 aromatic heterocycles. The number of nitrogens with two attached hydrogens (primary N) is 1. The number of carbonyl (C=O) groups is 1. The predicted octanol–water partition coefficient (Wildman–Crippen LogP) is 2.73. The smallest absolute Gasteiger partial charge is 0.251 e. The Kier molecular flexibility index (Phi) is 4.55. The Balaban J connectivity index is 1.99. The molecule has 2 rings (SSSR count). The topological polar surface area (TPSA) is 55.1 Å². The Bertz CT molecular complexity index is 567. The van der Waals surface area contributed by atoms with E-state index in [0.29, 0.717) is 23.7 Å². The van der Waals surface area contributed by atoms with Crippen molar-refractivity contribution in [1.29, 1.82) is 0 Å². The summed E-state index contributed by atoms with van der Waals surface area (Å²) in [6.45, 7) is 0.888. The first-order valence-electron chi connectivity index (χ1n) is 6.01. The molecule has 0 fully saturated rings. The van der Waals surface area contributed by atoms with E-state index in [4.69, 9.17) is 17.3 Å². The normalized spacial score (nSPS) is 10.2. The van der Waals surface area contributed by atoms with Crippen LogP contribution in [-0.2, 0) is 13.1 Å². The van der Waals surface area contributed by atoms with Crippen LogP contribution in [0, 0.1) is 0 Å². The van der Waals surface area contributed by atoms with Gasteiger partial charge in [-0.1, -0.05) is 41.9 Å². The number of rotatable bonds is 4. The lowest BCUT2D eigenvalue weighted by atomic mass is 10.1. The van der Waals surface area contributed by atoms with Crippen LogP contribution in [0.15, 0.2) is 48.5 Å². The van der Waals surface area contributed by atoms with Crippen LogP contribution in [0.1, 0.15) is 21.5 Å². The van der Waals surface area contributed by atoms with Gasteiger partial charge in [0.05, 0.1) is 0 Å². The Morgan fingerprint density at radius 1 is 1.11 bits per heavy atom. The third-order valence-corrected chi connectivity index (χ3v) is 3.22. The van der Waals surface area contributed by atoms with Crippen molar-refractivity contribution < 1.29 is 4.79 Å². The molecule has 0 aliphatic carbocycles. The third kappa shape index (κ3) is 3.56. The summed E-state index contributed by atoms with van der Waals surface area (Å²) in [4.78, 5) is 11.9. The van der Waals surface area contributed by atoms with Gasteiger partial charge in [-0.2, -0.15) is 0 Å². The van der Waals surface area contributed by atoms with E-state index in [1.54, 1.807) is 18.2 Å². The number of amides is 1. The predicted molar refractivity (Wildman–Crippen MR) is 77.0 cm³/mol. The fourth-order valence-electron chi connectivity index (χ4n) is 1.71. The van der Waals surface area contributed by atoms with Crippen LogP contribution in [-0.4, -0.2) is 5.91 Å². The van der Waals surface area contributed by atoms with E-state index in [-0.39, 0.29) is 5.91 Å². The largest absolute Gasteiger partial charge is 0.348 e. The van der Waals surface area contributed by atoms with Crippen LogP contribution >= 0.6 is 11.6 Å². The fraction of sp³-hybridized carbons (Fsp3) is 0.133. The van der Waals surface area contributed by atoms with Gasteiger partial charge in [-0.25, -0.2) is 0 Å². The van der Waals surface area contributed by atoms with E-state index >= 15 is 0 Å². The summed E-state index contributed by atoms with van der Waals surface area (Å²) in [5, 5.41) is 3.49. The number of halogens is 1. The first-order chi connectivity index (χ1) is 9.20. The van der Waals surface area contributed by atoms with E-state index in [1.165, 1.54) is 0 Å². The Morgan fingerprint density at radius 2 is 1.79 bits per heavy atom. The standard InChI is InChI=1S/C15H15ClN2O/c16-14-4-2-1-3-13(14)10-18-15(19)12-7-5-11(9-17)6-8-12/h1-8H,9-10,17H2,(H,18,19). The lowest BCUT2D eigenvalue weighted by Gasteiger charge is -2.07. The van der Waals surface area contributed by atoms with Gasteiger partial charge in [0.15, 0.2) is 0 Å². The molecule has 0 spiro atoms. The molecule has 2 aromatic carbocycles. The SMILES string of the molecule is NCc1ccc(C(=O)NCc2ccccc2Cl)cc1. The second-order valence-corrected chi connectivity index (χ2v) is 4.58. The van der Waals surface area contributed by atoms with Crippen molar-refractivity contribution in [3.05, 3.63) is 70.2 Å². The van der Waals surface area contributed by atoms with Crippen molar-refractivity contribution in [1.82, 2.24) is 5.32 Å². The van der Waals surface area contributed by atoms with Crippen molar-refractivity contribution in [2.75, 3.05) is 0 Å². The minimum atomic E-state index is -0.122. The van der Waals surface area contributed by atoms with Crippen LogP contribution in [0.3, 0.4) is 0 Å². The molecule has 98 valence electrons. The Morgan fingerprint density at radius 3 is 2.42 bits per heavy atom. The molecule has 2 aromatic rings. The minimum absolute atomic E-state index is 0.122. The molecule has 3 N–H and O–H groups in total. The fourth-order valence-corrected chi connectivity index (χ4v) is 1.91. The van der Waals surface area contributed by atoms with Gasteiger partial charge in [-0.3, -0.25) is 4.79 Å². The molecule has 0 unspecified atom stereocenters. The maximum absolute atomic E-state index is 11.9. The molecule has 0 bridgehead atoms. The molecule has 3 nitrogen and oxygen atoms in total. The first-order valence-corrected chi connectivity index (χ1v) is 6.39. The first kappa shape index (κ1) is 13.6. The highest BCUT2D eigenvalue weighted by atomic mass is 35.5. The summed E-state index contributed by atoms with van der Waals surface area (Å²) >= 11 is 6.03. The van der Waals surface area contributed by atoms with E-state index < -0.39 is 0 Å². The van der Waals surface area contributed by atoms with E-state index in [1.807, 2.05) is 30.3 Å². The van der Waals surface area contributed by atoms with Crippen molar-refractivity contribution in [2.24, 2.45) is 5.73 Å². The lowest BCUT2D eigenvalue weighted by molar-refractivity contribution is 0.0951. The monoisotopic (exact) mass is 274 g/mol. The van der Waals surface area contributed by atoms with Gasteiger partial charge in [0, 0.05) is 23.7 Å². The maximum Gasteiger partial charge on any atom is 0.251 e. The minimum Gasteiger partial charge on any atom is -0.348 e. The highest BCUT2D eigenvalue weighted by Gasteiger charge is 2.06. The van der Waals surface area contributed by atoms with Crippen molar-refractivity contribution in [2.45, 2.75) is 13.1 Å². The van der Waals surface area contributed by atoms with E-state index in [0.717, 1.165) is 11.1 Å². The van der Waals surface area contributed by atoms with E-state index in [2.05, 4.69) is 5.32 Å². The van der Waals surface area contributed by atoms with Crippen molar-refractivity contribution in [3.8, 4) is 0 Å². The number of hydrogen-bond donors (Lipinski definition) is 2. The van der Waals surface area contributed by atoms with Gasteiger partial charge >= 0.3 is 0 Å². The summed E-state index contributed by atoms with van der Waals surface area (Å²) in [6, 6.07) is 14.7. The van der Waals surface area contributed by atoms with E-state index in [9.17, 15) is 4.79 Å².